The Kier molecular flexibility index (Phi) is 2.82. The minimum atomic E-state index is -0.394. The molecule has 0 radical (unpaired) electrons. The van der Waals surface area contributed by atoms with Crippen molar-refractivity contribution in [1.29, 1.82) is 0 Å². The smallest absolute Gasteiger partial charge is 0.186 e. The highest BCUT2D eigenvalue weighted by Crippen LogP contribution is 2.06. The molecule has 0 aromatic rings. The van der Waals surface area contributed by atoms with Gasteiger partial charge in [-0.15, -0.1) is 0 Å². The molecule has 1 heterocycles. The summed E-state index contributed by atoms with van der Waals surface area (Å²) < 4.78 is 7.84. The van der Waals surface area contributed by atoms with Gasteiger partial charge >= 0.3 is 0 Å². The molecule has 0 N–H and O–H groups in total. The van der Waals surface area contributed by atoms with Gasteiger partial charge in [-0.05, 0) is 23.2 Å². The van der Waals surface area contributed by atoms with Gasteiger partial charge in [0.2, 0.25) is 10.6 Å². The second-order valence-electron chi connectivity index (χ2n) is 1.46. The van der Waals surface area contributed by atoms with Gasteiger partial charge < -0.3 is 0 Å². The predicted octanol–water partition coefficient (Wildman–Crippen LogP) is 1.93. The van der Waals surface area contributed by atoms with Crippen LogP contribution in [0.15, 0.2) is 13.8 Å². The summed E-state index contributed by atoms with van der Waals surface area (Å²) in [6, 6.07) is 0. The Bertz CT molecular complexity index is 230. The van der Waals surface area contributed by atoms with E-state index in [-0.39, 0.29) is 10.6 Å². The second kappa shape index (κ2) is 3.46. The number of halogens is 2. The Morgan fingerprint density at radius 3 is 2.60 bits per heavy atom. The molecule has 0 bridgehead atoms. The Labute approximate surface area is 71.4 Å². The SMILES string of the molecule is CCS1=NC(Cl)=NC(Cl)=N1. The summed E-state index contributed by atoms with van der Waals surface area (Å²) >= 11 is 11.0. The highest BCUT2D eigenvalue weighted by molar-refractivity contribution is 7.86. The van der Waals surface area contributed by atoms with Gasteiger partial charge in [0, 0.05) is 16.6 Å². The van der Waals surface area contributed by atoms with Crippen LogP contribution >= 0.6 is 23.2 Å². The van der Waals surface area contributed by atoms with Crippen LogP contribution < -0.4 is 0 Å². The van der Waals surface area contributed by atoms with Gasteiger partial charge in [-0.1, -0.05) is 6.92 Å². The maximum Gasteiger partial charge on any atom is 0.232 e. The first-order chi connectivity index (χ1) is 4.72. The molecule has 0 saturated carbocycles. The Balaban J connectivity index is 2.91. The molecule has 0 aromatic heterocycles. The minimum absolute atomic E-state index is 0.199. The molecule has 1 aliphatic heterocycles. The zero-order valence-electron chi connectivity index (χ0n) is 5.21. The Morgan fingerprint density at radius 2 is 2.10 bits per heavy atom. The van der Waals surface area contributed by atoms with Crippen LogP contribution in [0.2, 0.25) is 0 Å². The minimum Gasteiger partial charge on any atom is -0.186 e. The van der Waals surface area contributed by atoms with E-state index in [2.05, 4.69) is 13.8 Å². The van der Waals surface area contributed by atoms with E-state index < -0.39 is 10.9 Å². The van der Waals surface area contributed by atoms with Gasteiger partial charge in [0.05, 0.1) is 0 Å². The van der Waals surface area contributed by atoms with Crippen molar-refractivity contribution in [2.24, 2.45) is 13.8 Å². The molecule has 0 aliphatic carbocycles. The van der Waals surface area contributed by atoms with Crippen molar-refractivity contribution in [3.8, 4) is 0 Å². The normalized spacial score (nSPS) is 24.9. The molecule has 3 nitrogen and oxygen atoms in total. The van der Waals surface area contributed by atoms with Crippen LogP contribution in [0.3, 0.4) is 0 Å². The number of nitrogens with zero attached hydrogens (tertiary/aromatic N) is 3. The summed E-state index contributed by atoms with van der Waals surface area (Å²) in [5.41, 5.74) is 0. The topological polar surface area (TPSA) is 37.1 Å². The van der Waals surface area contributed by atoms with Crippen LogP contribution in [0, 0.1) is 0 Å². The third kappa shape index (κ3) is 2.04. The van der Waals surface area contributed by atoms with Gasteiger partial charge in [0.25, 0.3) is 0 Å². The zero-order valence-corrected chi connectivity index (χ0v) is 7.54. The molecular weight excluding hydrogens is 193 g/mol. The average Bonchev–Trinajstić information content (AvgIpc) is 1.85. The summed E-state index contributed by atoms with van der Waals surface area (Å²) in [5.74, 6) is 0.821. The first-order valence-corrected chi connectivity index (χ1v) is 4.70. The molecule has 1 aliphatic rings. The third-order valence-corrected chi connectivity index (χ3v) is 2.63. The van der Waals surface area contributed by atoms with Crippen molar-refractivity contribution in [2.75, 3.05) is 5.75 Å². The highest BCUT2D eigenvalue weighted by atomic mass is 35.5. The second-order valence-corrected chi connectivity index (χ2v) is 3.76. The quantitative estimate of drug-likeness (QED) is 0.577. The molecule has 1 unspecified atom stereocenters. The summed E-state index contributed by atoms with van der Waals surface area (Å²) in [6.45, 7) is 1.97. The fraction of sp³-hybridized carbons (Fsp3) is 0.500. The summed E-state index contributed by atoms with van der Waals surface area (Å²) in [5, 5.41) is 0.398. The van der Waals surface area contributed by atoms with Crippen molar-refractivity contribution in [2.45, 2.75) is 6.92 Å². The number of rotatable bonds is 1. The van der Waals surface area contributed by atoms with E-state index in [0.717, 1.165) is 5.75 Å². The summed E-state index contributed by atoms with van der Waals surface area (Å²) in [7, 11) is -0.394. The van der Waals surface area contributed by atoms with Crippen molar-refractivity contribution in [3.63, 3.8) is 0 Å². The highest BCUT2D eigenvalue weighted by Gasteiger charge is 2.03. The standard InChI is InChI=1S/C4H5Cl2N3S/c1-2-10-8-3(5)7-4(6)9-10/h2H2,1H3. The van der Waals surface area contributed by atoms with E-state index in [0.29, 0.717) is 0 Å². The van der Waals surface area contributed by atoms with E-state index in [1.165, 1.54) is 0 Å². The number of aliphatic imine (C=N–C) groups is 1. The first-order valence-electron chi connectivity index (χ1n) is 2.63. The lowest BCUT2D eigenvalue weighted by molar-refractivity contribution is 1.47. The molecule has 0 amide bonds. The molecule has 10 heavy (non-hydrogen) atoms. The summed E-state index contributed by atoms with van der Waals surface area (Å²) in [6.07, 6.45) is 0. The van der Waals surface area contributed by atoms with Crippen molar-refractivity contribution in [1.82, 2.24) is 0 Å². The van der Waals surface area contributed by atoms with Crippen LogP contribution in [0.25, 0.3) is 0 Å². The lowest BCUT2D eigenvalue weighted by Crippen LogP contribution is -2.01. The molecule has 0 fully saturated rings. The Hall–Kier alpha value is 0.0700. The third-order valence-electron chi connectivity index (χ3n) is 0.804. The zero-order chi connectivity index (χ0) is 7.56. The predicted molar refractivity (Wildman–Crippen MR) is 46.9 cm³/mol. The first kappa shape index (κ1) is 8.17. The maximum absolute atomic E-state index is 5.51. The van der Waals surface area contributed by atoms with Gasteiger partial charge in [0.1, 0.15) is 0 Å². The van der Waals surface area contributed by atoms with Crippen LogP contribution in [0.5, 0.6) is 0 Å². The van der Waals surface area contributed by atoms with Crippen LogP contribution in [-0.4, -0.2) is 16.3 Å². The number of amidine groups is 2. The summed E-state index contributed by atoms with van der Waals surface area (Å²) in [4.78, 5) is 3.62. The molecule has 0 saturated heterocycles. The average molecular weight is 198 g/mol. The van der Waals surface area contributed by atoms with E-state index in [1.807, 2.05) is 6.92 Å². The molecule has 0 spiro atoms. The molecule has 0 aromatic carbocycles. The van der Waals surface area contributed by atoms with Crippen molar-refractivity contribution >= 4 is 44.7 Å². The van der Waals surface area contributed by atoms with E-state index in [4.69, 9.17) is 23.2 Å². The van der Waals surface area contributed by atoms with Crippen molar-refractivity contribution < 1.29 is 0 Å². The molecule has 1 rings (SSSR count). The lowest BCUT2D eigenvalue weighted by atomic mass is 11.0. The number of hydrogen-bond acceptors (Lipinski definition) is 3. The molecular formula is C4H5Cl2N3S. The van der Waals surface area contributed by atoms with Crippen LogP contribution in [0.1, 0.15) is 6.92 Å². The van der Waals surface area contributed by atoms with Crippen molar-refractivity contribution in [3.05, 3.63) is 0 Å². The number of hydrogen-bond donors (Lipinski definition) is 0. The van der Waals surface area contributed by atoms with E-state index in [1.54, 1.807) is 0 Å². The van der Waals surface area contributed by atoms with E-state index in [9.17, 15) is 0 Å². The molecule has 6 heteroatoms. The van der Waals surface area contributed by atoms with Gasteiger partial charge in [-0.25, -0.2) is 0 Å². The molecule has 1 atom stereocenters. The van der Waals surface area contributed by atoms with Crippen LogP contribution in [-0.2, 0) is 10.9 Å². The maximum atomic E-state index is 5.51. The van der Waals surface area contributed by atoms with Crippen LogP contribution in [0.4, 0.5) is 0 Å². The Morgan fingerprint density at radius 1 is 1.40 bits per heavy atom. The van der Waals surface area contributed by atoms with Gasteiger partial charge in [-0.3, -0.25) is 0 Å². The van der Waals surface area contributed by atoms with E-state index >= 15 is 0 Å². The monoisotopic (exact) mass is 197 g/mol. The van der Waals surface area contributed by atoms with Gasteiger partial charge in [-0.2, -0.15) is 13.8 Å². The molecule has 56 valence electrons. The largest absolute Gasteiger partial charge is 0.232 e. The van der Waals surface area contributed by atoms with Gasteiger partial charge in [0.15, 0.2) is 0 Å². The fourth-order valence-corrected chi connectivity index (χ4v) is 1.85. The fourth-order valence-electron chi connectivity index (χ4n) is 0.440. The lowest BCUT2D eigenvalue weighted by Gasteiger charge is -2.01.